The lowest BCUT2D eigenvalue weighted by atomic mass is 10.4. The normalized spacial score (nSPS) is 11.7. The van der Waals surface area contributed by atoms with Gasteiger partial charge in [0.25, 0.3) is 10.0 Å². The molecule has 0 fully saturated rings. The number of nitrogens with zero attached hydrogens (tertiary/aromatic N) is 3. The van der Waals surface area contributed by atoms with E-state index in [2.05, 4.69) is 14.8 Å². The van der Waals surface area contributed by atoms with Gasteiger partial charge in [0.2, 0.25) is 0 Å². The van der Waals surface area contributed by atoms with Crippen LogP contribution in [0.15, 0.2) is 16.5 Å². The summed E-state index contributed by atoms with van der Waals surface area (Å²) in [5.41, 5.74) is 6.50. The van der Waals surface area contributed by atoms with Gasteiger partial charge in [0.15, 0.2) is 5.13 Å². The number of rotatable bonds is 5. The topological polar surface area (TPSA) is 103 Å². The summed E-state index contributed by atoms with van der Waals surface area (Å²) in [7, 11) is -3.67. The highest BCUT2D eigenvalue weighted by Gasteiger charge is 2.25. The Morgan fingerprint density at radius 1 is 1.47 bits per heavy atom. The Bertz CT molecular complexity index is 660. The second-order valence-corrected chi connectivity index (χ2v) is 6.47. The van der Waals surface area contributed by atoms with Gasteiger partial charge in [-0.25, -0.2) is 13.4 Å². The number of nitrogens with one attached hydrogen (secondary N) is 1. The predicted octanol–water partition coefficient (Wildman–Crippen LogP) is 0.716. The Labute approximate surface area is 115 Å². The molecular formula is C10H15N5O2S2. The molecule has 0 spiro atoms. The van der Waals surface area contributed by atoms with E-state index in [1.165, 1.54) is 11.3 Å². The number of hydrogen-bond donors (Lipinski definition) is 2. The molecule has 0 aliphatic heterocycles. The first kappa shape index (κ1) is 14.0. The van der Waals surface area contributed by atoms with Gasteiger partial charge in [0.05, 0.1) is 17.9 Å². The fourth-order valence-electron chi connectivity index (χ4n) is 1.85. The standard InChI is InChI=1S/C10H15N5O2S2/c1-7-9(8(2)15(13-7)5-3-11)19(16,17)14-10-12-4-6-18-10/h4,6H,3,5,11H2,1-2H3,(H,12,14). The highest BCUT2D eigenvalue weighted by molar-refractivity contribution is 7.93. The summed E-state index contributed by atoms with van der Waals surface area (Å²) in [6, 6.07) is 0. The van der Waals surface area contributed by atoms with Gasteiger partial charge < -0.3 is 5.73 Å². The second-order valence-electron chi connectivity index (χ2n) is 3.95. The number of anilines is 1. The maximum atomic E-state index is 12.3. The monoisotopic (exact) mass is 301 g/mol. The van der Waals surface area contributed by atoms with E-state index in [1.54, 1.807) is 30.1 Å². The molecule has 0 saturated heterocycles. The van der Waals surface area contributed by atoms with Crippen molar-refractivity contribution >= 4 is 26.5 Å². The van der Waals surface area contributed by atoms with Crippen molar-refractivity contribution < 1.29 is 8.42 Å². The third-order valence-corrected chi connectivity index (χ3v) is 4.99. The van der Waals surface area contributed by atoms with Gasteiger partial charge >= 0.3 is 0 Å². The van der Waals surface area contributed by atoms with Crippen molar-refractivity contribution in [2.45, 2.75) is 25.3 Å². The third-order valence-electron chi connectivity index (χ3n) is 2.58. The number of aryl methyl sites for hydroxylation is 1. The number of aromatic nitrogens is 3. The molecule has 2 heterocycles. The number of hydrogen-bond acceptors (Lipinski definition) is 6. The van der Waals surface area contributed by atoms with Gasteiger partial charge in [-0.05, 0) is 13.8 Å². The maximum Gasteiger partial charge on any atom is 0.267 e. The summed E-state index contributed by atoms with van der Waals surface area (Å²) in [6.45, 7) is 4.27. The van der Waals surface area contributed by atoms with Crippen molar-refractivity contribution in [1.29, 1.82) is 0 Å². The number of sulfonamides is 1. The molecule has 19 heavy (non-hydrogen) atoms. The van der Waals surface area contributed by atoms with Crippen LogP contribution in [-0.4, -0.2) is 29.7 Å². The van der Waals surface area contributed by atoms with Gasteiger partial charge in [-0.2, -0.15) is 5.10 Å². The van der Waals surface area contributed by atoms with E-state index in [0.717, 1.165) is 0 Å². The van der Waals surface area contributed by atoms with E-state index in [4.69, 9.17) is 5.73 Å². The fourth-order valence-corrected chi connectivity index (χ4v) is 4.05. The predicted molar refractivity (Wildman–Crippen MR) is 73.7 cm³/mol. The van der Waals surface area contributed by atoms with Gasteiger partial charge in [-0.1, -0.05) is 0 Å². The van der Waals surface area contributed by atoms with E-state index in [9.17, 15) is 8.42 Å². The van der Waals surface area contributed by atoms with Crippen molar-refractivity contribution in [3.05, 3.63) is 23.0 Å². The van der Waals surface area contributed by atoms with E-state index >= 15 is 0 Å². The minimum atomic E-state index is -3.67. The minimum absolute atomic E-state index is 0.191. The van der Waals surface area contributed by atoms with Crippen LogP contribution in [-0.2, 0) is 16.6 Å². The Kier molecular flexibility index (Phi) is 3.88. The molecule has 104 valence electrons. The highest BCUT2D eigenvalue weighted by atomic mass is 32.2. The van der Waals surface area contributed by atoms with Crippen LogP contribution in [0, 0.1) is 13.8 Å². The molecule has 0 aliphatic carbocycles. The maximum absolute atomic E-state index is 12.3. The zero-order valence-electron chi connectivity index (χ0n) is 10.6. The van der Waals surface area contributed by atoms with Crippen LogP contribution < -0.4 is 10.5 Å². The Morgan fingerprint density at radius 3 is 2.79 bits per heavy atom. The summed E-state index contributed by atoms with van der Waals surface area (Å²) in [6.07, 6.45) is 1.54. The SMILES string of the molecule is Cc1nn(CCN)c(C)c1S(=O)(=O)Nc1nccs1. The van der Waals surface area contributed by atoms with Gasteiger partial charge in [0, 0.05) is 18.1 Å². The minimum Gasteiger partial charge on any atom is -0.329 e. The van der Waals surface area contributed by atoms with Crippen molar-refractivity contribution in [3.63, 3.8) is 0 Å². The first-order valence-electron chi connectivity index (χ1n) is 5.62. The lowest BCUT2D eigenvalue weighted by Gasteiger charge is -2.06. The summed E-state index contributed by atoms with van der Waals surface area (Å²) in [4.78, 5) is 4.10. The quantitative estimate of drug-likeness (QED) is 0.847. The molecule has 0 amide bonds. The molecule has 0 aliphatic rings. The fraction of sp³-hybridized carbons (Fsp3) is 0.400. The molecule has 0 unspecified atom stereocenters. The molecule has 0 saturated carbocycles. The third kappa shape index (κ3) is 2.77. The zero-order chi connectivity index (χ0) is 14.0. The average Bonchev–Trinajstić information content (AvgIpc) is 2.88. The molecule has 0 radical (unpaired) electrons. The molecule has 0 bridgehead atoms. The molecular weight excluding hydrogens is 286 g/mol. The molecule has 0 atom stereocenters. The van der Waals surface area contributed by atoms with E-state index in [0.29, 0.717) is 29.6 Å². The summed E-state index contributed by atoms with van der Waals surface area (Å²) in [5.74, 6) is 0. The largest absolute Gasteiger partial charge is 0.329 e. The van der Waals surface area contributed by atoms with Crippen LogP contribution in [0.3, 0.4) is 0 Å². The van der Waals surface area contributed by atoms with Crippen molar-refractivity contribution in [3.8, 4) is 0 Å². The van der Waals surface area contributed by atoms with Gasteiger partial charge in [-0.15, -0.1) is 11.3 Å². The van der Waals surface area contributed by atoms with Crippen molar-refractivity contribution in [2.24, 2.45) is 5.73 Å². The zero-order valence-corrected chi connectivity index (χ0v) is 12.3. The Balaban J connectivity index is 2.40. The first-order chi connectivity index (χ1) is 8.95. The highest BCUT2D eigenvalue weighted by Crippen LogP contribution is 2.23. The van der Waals surface area contributed by atoms with Crippen LogP contribution >= 0.6 is 11.3 Å². The Hall–Kier alpha value is -1.45. The molecule has 0 aromatic carbocycles. The number of thiazole rings is 1. The lowest BCUT2D eigenvalue weighted by Crippen LogP contribution is -2.16. The van der Waals surface area contributed by atoms with Crippen LogP contribution in [0.25, 0.3) is 0 Å². The van der Waals surface area contributed by atoms with Crippen molar-refractivity contribution in [2.75, 3.05) is 11.3 Å². The molecule has 2 aromatic heterocycles. The van der Waals surface area contributed by atoms with Crippen LogP contribution in [0.4, 0.5) is 5.13 Å². The lowest BCUT2D eigenvalue weighted by molar-refractivity contribution is 0.593. The molecule has 2 aromatic rings. The van der Waals surface area contributed by atoms with E-state index in [-0.39, 0.29) is 4.90 Å². The molecule has 9 heteroatoms. The first-order valence-corrected chi connectivity index (χ1v) is 7.98. The molecule has 3 N–H and O–H groups in total. The molecule has 2 rings (SSSR count). The summed E-state index contributed by atoms with van der Waals surface area (Å²) < 4.78 is 28.7. The van der Waals surface area contributed by atoms with Crippen LogP contribution in [0.5, 0.6) is 0 Å². The molecule has 7 nitrogen and oxygen atoms in total. The van der Waals surface area contributed by atoms with Gasteiger partial charge in [-0.3, -0.25) is 9.40 Å². The second kappa shape index (κ2) is 5.27. The van der Waals surface area contributed by atoms with E-state index < -0.39 is 10.0 Å². The smallest absolute Gasteiger partial charge is 0.267 e. The van der Waals surface area contributed by atoms with Gasteiger partial charge in [0.1, 0.15) is 4.90 Å². The average molecular weight is 301 g/mol. The summed E-state index contributed by atoms with van der Waals surface area (Å²) >= 11 is 1.22. The summed E-state index contributed by atoms with van der Waals surface area (Å²) in [5, 5.41) is 6.24. The van der Waals surface area contributed by atoms with Crippen LogP contribution in [0.2, 0.25) is 0 Å². The number of nitrogens with two attached hydrogens (primary N) is 1. The van der Waals surface area contributed by atoms with Crippen LogP contribution in [0.1, 0.15) is 11.4 Å². The van der Waals surface area contributed by atoms with E-state index in [1.807, 2.05) is 0 Å². The van der Waals surface area contributed by atoms with Crippen molar-refractivity contribution in [1.82, 2.24) is 14.8 Å². The Morgan fingerprint density at radius 2 is 2.21 bits per heavy atom.